The molecule has 0 spiro atoms. The van der Waals surface area contributed by atoms with Crippen molar-refractivity contribution in [1.82, 2.24) is 0 Å². The first kappa shape index (κ1) is 26.7. The largest absolute Gasteiger partial charge is 0.479 e. The molecule has 0 radical (unpaired) electrons. The highest BCUT2D eigenvalue weighted by molar-refractivity contribution is 7.80. The Morgan fingerprint density at radius 3 is 1.93 bits per heavy atom. The van der Waals surface area contributed by atoms with E-state index in [0.717, 1.165) is 0 Å². The fourth-order valence-electron chi connectivity index (χ4n) is 1.99. The van der Waals surface area contributed by atoms with Crippen LogP contribution < -0.4 is 0 Å². The molecule has 8 atom stereocenters. The Morgan fingerprint density at radius 1 is 1.07 bits per heavy atom. The molecular formula is C12H22O15S. The molecule has 0 aromatic carbocycles. The number of carbonyl (C=O) groups excluding carboxylic acids is 1. The van der Waals surface area contributed by atoms with Gasteiger partial charge >= 0.3 is 16.4 Å². The Bertz CT molecular complexity index is 592. The minimum atomic E-state index is -4.75. The lowest BCUT2D eigenvalue weighted by Crippen LogP contribution is -2.48. The number of rotatable bonds is 9. The topological polar surface area (TPSA) is 269 Å². The summed E-state index contributed by atoms with van der Waals surface area (Å²) in [5.74, 6) is -1.76. The Labute approximate surface area is 157 Å². The molecule has 1 aliphatic rings. The number of carbonyl (C=O) groups is 2. The highest BCUT2D eigenvalue weighted by Crippen LogP contribution is 2.24. The lowest BCUT2D eigenvalue weighted by atomic mass is 10.0. The monoisotopic (exact) mass is 438 g/mol. The lowest BCUT2D eigenvalue weighted by Gasteiger charge is -2.21. The number of carboxylic acids is 1. The van der Waals surface area contributed by atoms with Crippen LogP contribution in [0.25, 0.3) is 0 Å². The zero-order valence-electron chi connectivity index (χ0n) is 14.0. The van der Waals surface area contributed by atoms with Crippen LogP contribution in [0.1, 0.15) is 0 Å². The number of aliphatic hydroxyl groups is 7. The van der Waals surface area contributed by atoms with Gasteiger partial charge in [0.25, 0.3) is 0 Å². The Morgan fingerprint density at radius 2 is 1.57 bits per heavy atom. The van der Waals surface area contributed by atoms with Gasteiger partial charge in [-0.2, -0.15) is 8.42 Å². The van der Waals surface area contributed by atoms with Gasteiger partial charge in [0.2, 0.25) is 0 Å². The third-order valence-electron chi connectivity index (χ3n) is 3.44. The van der Waals surface area contributed by atoms with Crippen LogP contribution in [-0.4, -0.2) is 128 Å². The summed E-state index contributed by atoms with van der Waals surface area (Å²) < 4.78 is 38.2. The van der Waals surface area contributed by atoms with Crippen molar-refractivity contribution in [1.29, 1.82) is 0 Å². The Balaban J connectivity index is 0.000000528. The summed E-state index contributed by atoms with van der Waals surface area (Å²) in [4.78, 5) is 20.0. The van der Waals surface area contributed by atoms with Gasteiger partial charge in [0.15, 0.2) is 12.4 Å². The molecule has 1 saturated heterocycles. The molecule has 1 aliphatic heterocycles. The molecule has 0 aromatic rings. The summed E-state index contributed by atoms with van der Waals surface area (Å²) in [7, 11) is -4.75. The molecular weight excluding hydrogens is 416 g/mol. The highest BCUT2D eigenvalue weighted by Gasteiger charge is 2.46. The number of aliphatic carboxylic acids is 1. The molecule has 1 heterocycles. The summed E-state index contributed by atoms with van der Waals surface area (Å²) in [5, 5.41) is 70.1. The molecule has 15 nitrogen and oxygen atoms in total. The summed E-state index contributed by atoms with van der Waals surface area (Å²) in [5.41, 5.74) is 0. The van der Waals surface area contributed by atoms with Crippen LogP contribution in [0.2, 0.25) is 0 Å². The maximum Gasteiger partial charge on any atom is 0.397 e. The Hall–Kier alpha value is -1.31. The number of aliphatic hydroxyl groups excluding tert-OH is 7. The second-order valence-corrected chi connectivity index (χ2v) is 6.50. The van der Waals surface area contributed by atoms with Gasteiger partial charge in [-0.1, -0.05) is 0 Å². The molecule has 1 rings (SSSR count). The van der Waals surface area contributed by atoms with E-state index in [4.69, 9.17) is 45.0 Å². The molecule has 0 bridgehead atoms. The van der Waals surface area contributed by atoms with Crippen LogP contribution >= 0.6 is 0 Å². The summed E-state index contributed by atoms with van der Waals surface area (Å²) in [6, 6.07) is 0. The van der Waals surface area contributed by atoms with Crippen LogP contribution in [0.5, 0.6) is 0 Å². The van der Waals surface area contributed by atoms with Crippen LogP contribution in [0.4, 0.5) is 0 Å². The van der Waals surface area contributed by atoms with E-state index in [1.807, 2.05) is 0 Å². The van der Waals surface area contributed by atoms with E-state index in [9.17, 15) is 23.1 Å². The molecule has 9 N–H and O–H groups in total. The second-order valence-electron chi connectivity index (χ2n) is 5.45. The smallest absolute Gasteiger partial charge is 0.397 e. The number of hydrogen-bond donors (Lipinski definition) is 9. The van der Waals surface area contributed by atoms with Gasteiger partial charge in [0, 0.05) is 0 Å². The van der Waals surface area contributed by atoms with Crippen molar-refractivity contribution in [2.75, 3.05) is 13.2 Å². The fraction of sp³-hybridized carbons (Fsp3) is 0.833. The SMILES string of the molecule is O=C[C@H](O)[C@@H](O)[C@H](O)[C@H](O)C(=O)O.O=S(=O)(O)O[C@H]1[C@H](O)[C@@H](CO)O[C@@H]1CO. The van der Waals surface area contributed by atoms with E-state index >= 15 is 0 Å². The zero-order chi connectivity index (χ0) is 22.2. The van der Waals surface area contributed by atoms with Crippen LogP contribution in [-0.2, 0) is 28.9 Å². The van der Waals surface area contributed by atoms with Crippen LogP contribution in [0, 0.1) is 0 Å². The van der Waals surface area contributed by atoms with Crippen molar-refractivity contribution in [2.24, 2.45) is 0 Å². The molecule has 166 valence electrons. The lowest BCUT2D eigenvalue weighted by molar-refractivity contribution is -0.163. The van der Waals surface area contributed by atoms with Crippen LogP contribution in [0.3, 0.4) is 0 Å². The van der Waals surface area contributed by atoms with E-state index in [1.165, 1.54) is 0 Å². The van der Waals surface area contributed by atoms with Gasteiger partial charge in [-0.25, -0.2) is 8.98 Å². The molecule has 1 fully saturated rings. The van der Waals surface area contributed by atoms with Gasteiger partial charge in [0.05, 0.1) is 13.2 Å². The van der Waals surface area contributed by atoms with E-state index < -0.39 is 78.4 Å². The minimum absolute atomic E-state index is 0.0809. The summed E-state index contributed by atoms with van der Waals surface area (Å²) in [6.45, 7) is -1.16. The predicted octanol–water partition coefficient (Wildman–Crippen LogP) is -6.00. The first-order valence-electron chi connectivity index (χ1n) is 7.42. The van der Waals surface area contributed by atoms with Gasteiger partial charge < -0.3 is 50.4 Å². The fourth-order valence-corrected chi connectivity index (χ4v) is 2.51. The minimum Gasteiger partial charge on any atom is -0.479 e. The molecule has 0 aromatic heterocycles. The van der Waals surface area contributed by atoms with Gasteiger partial charge in [-0.3, -0.25) is 4.55 Å². The van der Waals surface area contributed by atoms with Gasteiger partial charge in [-0.05, 0) is 0 Å². The number of carboxylic acid groups (broad SMARTS) is 1. The second kappa shape index (κ2) is 11.6. The molecule has 0 amide bonds. The molecule has 16 heteroatoms. The number of hydrogen-bond acceptors (Lipinski definition) is 13. The van der Waals surface area contributed by atoms with Gasteiger partial charge in [0.1, 0.15) is 42.7 Å². The van der Waals surface area contributed by atoms with Crippen molar-refractivity contribution < 1.29 is 72.3 Å². The normalized spacial score (nSPS) is 29.1. The van der Waals surface area contributed by atoms with E-state index in [0.29, 0.717) is 0 Å². The van der Waals surface area contributed by atoms with Crippen molar-refractivity contribution >= 4 is 22.7 Å². The maximum absolute atomic E-state index is 10.4. The summed E-state index contributed by atoms with van der Waals surface area (Å²) in [6.07, 6.45) is -13.4. The van der Waals surface area contributed by atoms with Crippen molar-refractivity contribution in [3.8, 4) is 0 Å². The molecule has 0 aliphatic carbocycles. The maximum atomic E-state index is 10.4. The number of aldehydes is 1. The standard InChI is InChI=1S/C6H12O8S.C6H10O7/c7-1-3-5(9)6(4(2-8)13-3)14-15(10,11)12;7-1-2(8)3(9)4(10)5(11)6(12)13/h3-9H,1-2H2,(H,10,11,12);1-5,8-11H,(H,12,13)/t3-,4-,5-,6-;2-,3+,4-,5-/m10/s1. The molecule has 0 saturated carbocycles. The van der Waals surface area contributed by atoms with Crippen molar-refractivity contribution in [2.45, 2.75) is 48.8 Å². The third kappa shape index (κ3) is 7.97. The van der Waals surface area contributed by atoms with Gasteiger partial charge in [-0.15, -0.1) is 0 Å². The molecule has 28 heavy (non-hydrogen) atoms. The molecule has 0 unspecified atom stereocenters. The van der Waals surface area contributed by atoms with E-state index in [2.05, 4.69) is 4.18 Å². The summed E-state index contributed by atoms with van der Waals surface area (Å²) >= 11 is 0. The zero-order valence-corrected chi connectivity index (χ0v) is 14.8. The number of ether oxygens (including phenoxy) is 1. The van der Waals surface area contributed by atoms with E-state index in [-0.39, 0.29) is 6.29 Å². The Kier molecular flexibility index (Phi) is 11.1. The van der Waals surface area contributed by atoms with Crippen molar-refractivity contribution in [3.63, 3.8) is 0 Å². The average molecular weight is 438 g/mol. The van der Waals surface area contributed by atoms with Crippen LogP contribution in [0.15, 0.2) is 0 Å². The highest BCUT2D eigenvalue weighted by atomic mass is 32.3. The average Bonchev–Trinajstić information content (AvgIpc) is 2.93. The quantitative estimate of drug-likeness (QED) is 0.120. The third-order valence-corrected chi connectivity index (χ3v) is 3.91. The first-order chi connectivity index (χ1) is 12.8. The van der Waals surface area contributed by atoms with Crippen molar-refractivity contribution in [3.05, 3.63) is 0 Å². The van der Waals surface area contributed by atoms with E-state index in [1.54, 1.807) is 0 Å². The first-order valence-corrected chi connectivity index (χ1v) is 8.78. The predicted molar refractivity (Wildman–Crippen MR) is 83.0 cm³/mol.